The van der Waals surface area contributed by atoms with Crippen molar-refractivity contribution < 1.29 is 13.6 Å². The van der Waals surface area contributed by atoms with Crippen molar-refractivity contribution in [3.05, 3.63) is 65.2 Å². The lowest BCUT2D eigenvalue weighted by molar-refractivity contribution is -0.128. The number of amides is 1. The van der Waals surface area contributed by atoms with Gasteiger partial charge in [-0.2, -0.15) is 0 Å². The first-order chi connectivity index (χ1) is 12.8. The molecule has 0 saturated heterocycles. The number of rotatable bonds is 7. The van der Waals surface area contributed by atoms with E-state index in [-0.39, 0.29) is 24.8 Å². The molecule has 29 heavy (non-hydrogen) atoms. The average molecular weight is 462 g/mol. The zero-order valence-electron chi connectivity index (χ0n) is 15.7. The van der Waals surface area contributed by atoms with Gasteiger partial charge in [-0.3, -0.25) is 4.79 Å². The highest BCUT2D eigenvalue weighted by atomic mass is 35.5. The van der Waals surface area contributed by atoms with Crippen LogP contribution in [0.25, 0.3) is 10.2 Å². The molecule has 1 heterocycles. The maximum atomic E-state index is 13.5. The first-order valence-corrected chi connectivity index (χ1v) is 9.42. The molecule has 1 unspecified atom stereocenters. The minimum Gasteiger partial charge on any atom is -0.349 e. The molecular weight excluding hydrogens is 439 g/mol. The van der Waals surface area contributed by atoms with Gasteiger partial charge in [0.15, 0.2) is 0 Å². The monoisotopic (exact) mass is 461 g/mol. The average Bonchev–Trinajstić information content (AvgIpc) is 3.08. The molecule has 3 rings (SSSR count). The quantitative estimate of drug-likeness (QED) is 0.549. The number of thiazole rings is 1. The van der Waals surface area contributed by atoms with Crippen LogP contribution in [0.2, 0.25) is 0 Å². The predicted molar refractivity (Wildman–Crippen MR) is 119 cm³/mol. The first-order valence-electron chi connectivity index (χ1n) is 8.60. The van der Waals surface area contributed by atoms with Crippen LogP contribution in [0.5, 0.6) is 0 Å². The summed E-state index contributed by atoms with van der Waals surface area (Å²) >= 11 is 1.51. The van der Waals surface area contributed by atoms with E-state index >= 15 is 0 Å². The van der Waals surface area contributed by atoms with Crippen molar-refractivity contribution in [2.75, 3.05) is 13.1 Å². The predicted octanol–water partition coefficient (Wildman–Crippen LogP) is 4.35. The topological polar surface area (TPSA) is 68.0 Å². The van der Waals surface area contributed by atoms with E-state index in [1.165, 1.54) is 11.3 Å². The smallest absolute Gasteiger partial charge is 0.277 e. The molecule has 158 valence electrons. The van der Waals surface area contributed by atoms with E-state index in [0.717, 1.165) is 20.8 Å². The standard InChI is InChI=1S/C20H21F2N3OS.2ClH/c1-19(14-7-3-2-4-8-14,18(26)24-13-20(21,22)12-23)11-17-25-15-9-5-6-10-16(15)27-17;;/h2-10H,11-13,23H2,1H3,(H,24,26);2*1H. The minimum atomic E-state index is -3.14. The Hall–Kier alpha value is -1.80. The van der Waals surface area contributed by atoms with Crippen LogP contribution in [-0.2, 0) is 16.6 Å². The Morgan fingerprint density at radius 1 is 1.10 bits per heavy atom. The van der Waals surface area contributed by atoms with Gasteiger partial charge in [-0.25, -0.2) is 13.8 Å². The van der Waals surface area contributed by atoms with Crippen molar-refractivity contribution >= 4 is 52.3 Å². The molecule has 4 nitrogen and oxygen atoms in total. The van der Waals surface area contributed by atoms with Crippen molar-refractivity contribution in [2.24, 2.45) is 5.73 Å². The zero-order valence-corrected chi connectivity index (χ0v) is 18.2. The van der Waals surface area contributed by atoms with Crippen LogP contribution in [0.3, 0.4) is 0 Å². The highest BCUT2D eigenvalue weighted by molar-refractivity contribution is 7.18. The Morgan fingerprint density at radius 3 is 2.34 bits per heavy atom. The Kier molecular flexibility index (Phi) is 8.96. The number of carbonyl (C=O) groups is 1. The molecule has 0 spiro atoms. The third-order valence-corrected chi connectivity index (χ3v) is 5.60. The van der Waals surface area contributed by atoms with Crippen molar-refractivity contribution in [1.29, 1.82) is 0 Å². The summed E-state index contributed by atoms with van der Waals surface area (Å²) in [4.78, 5) is 17.5. The number of nitrogens with two attached hydrogens (primary N) is 1. The second kappa shape index (κ2) is 10.3. The molecule has 9 heteroatoms. The molecule has 0 aliphatic heterocycles. The summed E-state index contributed by atoms with van der Waals surface area (Å²) in [7, 11) is 0. The second-order valence-corrected chi connectivity index (χ2v) is 7.81. The van der Waals surface area contributed by atoms with E-state index in [0.29, 0.717) is 6.42 Å². The number of nitrogens with zero attached hydrogens (tertiary/aromatic N) is 1. The molecule has 2 aromatic carbocycles. The molecule has 0 aliphatic carbocycles. The summed E-state index contributed by atoms with van der Waals surface area (Å²) in [5, 5.41) is 3.16. The van der Waals surface area contributed by atoms with E-state index in [2.05, 4.69) is 10.3 Å². The van der Waals surface area contributed by atoms with Crippen LogP contribution >= 0.6 is 36.2 Å². The minimum absolute atomic E-state index is 0. The van der Waals surface area contributed by atoms with Crippen molar-refractivity contribution in [3.63, 3.8) is 0 Å². The Morgan fingerprint density at radius 2 is 1.72 bits per heavy atom. The molecule has 1 atom stereocenters. The van der Waals surface area contributed by atoms with Crippen LogP contribution in [0, 0.1) is 0 Å². The molecule has 1 amide bonds. The highest BCUT2D eigenvalue weighted by Crippen LogP contribution is 2.32. The van der Waals surface area contributed by atoms with Gasteiger partial charge < -0.3 is 11.1 Å². The highest BCUT2D eigenvalue weighted by Gasteiger charge is 2.38. The van der Waals surface area contributed by atoms with Gasteiger partial charge in [0.2, 0.25) is 5.91 Å². The lowest BCUT2D eigenvalue weighted by atomic mass is 9.78. The van der Waals surface area contributed by atoms with Gasteiger partial charge in [0.25, 0.3) is 5.92 Å². The Bertz CT molecular complexity index is 907. The summed E-state index contributed by atoms with van der Waals surface area (Å²) in [5.41, 5.74) is 5.65. The number of hydrogen-bond acceptors (Lipinski definition) is 4. The third-order valence-electron chi connectivity index (χ3n) is 4.56. The zero-order chi connectivity index (χ0) is 19.5. The van der Waals surface area contributed by atoms with Crippen LogP contribution in [0.15, 0.2) is 54.6 Å². The molecule has 1 aromatic heterocycles. The molecule has 3 N–H and O–H groups in total. The molecule has 0 saturated carbocycles. The summed E-state index contributed by atoms with van der Waals surface area (Å²) in [6.07, 6.45) is 0.316. The summed E-state index contributed by atoms with van der Waals surface area (Å²) in [6, 6.07) is 16.9. The van der Waals surface area contributed by atoms with Crippen LogP contribution in [0.1, 0.15) is 17.5 Å². The number of alkyl halides is 2. The first kappa shape index (κ1) is 25.2. The number of carbonyl (C=O) groups excluding carboxylic acids is 1. The van der Waals surface area contributed by atoms with E-state index in [9.17, 15) is 13.6 Å². The number of fused-ring (bicyclic) bond motifs is 1. The number of aromatic nitrogens is 1. The van der Waals surface area contributed by atoms with E-state index in [4.69, 9.17) is 5.73 Å². The number of hydrogen-bond donors (Lipinski definition) is 2. The largest absolute Gasteiger partial charge is 0.349 e. The molecule has 0 aliphatic rings. The number of para-hydroxylation sites is 1. The molecular formula is C20H23Cl2F2N3OS. The van der Waals surface area contributed by atoms with E-state index in [1.807, 2.05) is 54.6 Å². The summed E-state index contributed by atoms with van der Waals surface area (Å²) in [5.74, 6) is -3.61. The van der Waals surface area contributed by atoms with Gasteiger partial charge in [-0.1, -0.05) is 42.5 Å². The SMILES string of the molecule is CC(Cc1nc2ccccc2s1)(C(=O)NCC(F)(F)CN)c1ccccc1.Cl.Cl. The molecule has 3 aromatic rings. The number of halogens is 4. The normalized spacial score (nSPS) is 13.1. The fraction of sp³-hybridized carbons (Fsp3) is 0.300. The fourth-order valence-corrected chi connectivity index (χ4v) is 4.02. The maximum absolute atomic E-state index is 13.5. The van der Waals surface area contributed by atoms with Crippen molar-refractivity contribution in [1.82, 2.24) is 10.3 Å². The number of nitrogens with one attached hydrogen (secondary N) is 1. The third kappa shape index (κ3) is 5.85. The molecule has 0 bridgehead atoms. The summed E-state index contributed by atoms with van der Waals surface area (Å²) in [6.45, 7) is 0.155. The number of benzene rings is 2. The Balaban J connectivity index is 0.00000210. The maximum Gasteiger partial charge on any atom is 0.277 e. The van der Waals surface area contributed by atoms with E-state index < -0.39 is 30.3 Å². The van der Waals surface area contributed by atoms with Crippen LogP contribution < -0.4 is 11.1 Å². The van der Waals surface area contributed by atoms with Crippen molar-refractivity contribution in [3.8, 4) is 0 Å². The van der Waals surface area contributed by atoms with Gasteiger partial charge >= 0.3 is 0 Å². The van der Waals surface area contributed by atoms with Gasteiger partial charge in [0.05, 0.1) is 33.7 Å². The van der Waals surface area contributed by atoms with Crippen LogP contribution in [0.4, 0.5) is 8.78 Å². The Labute approximate surface area is 184 Å². The van der Waals surface area contributed by atoms with Gasteiger partial charge in [-0.05, 0) is 24.6 Å². The second-order valence-electron chi connectivity index (χ2n) is 6.69. The summed E-state index contributed by atoms with van der Waals surface area (Å²) < 4.78 is 28.1. The van der Waals surface area contributed by atoms with Gasteiger partial charge in [0.1, 0.15) is 0 Å². The van der Waals surface area contributed by atoms with Crippen LogP contribution in [-0.4, -0.2) is 29.9 Å². The fourth-order valence-electron chi connectivity index (χ4n) is 2.89. The van der Waals surface area contributed by atoms with Gasteiger partial charge in [0, 0.05) is 6.42 Å². The molecule has 0 fully saturated rings. The lowest BCUT2D eigenvalue weighted by Crippen LogP contribution is -2.49. The lowest BCUT2D eigenvalue weighted by Gasteiger charge is -2.29. The van der Waals surface area contributed by atoms with Gasteiger partial charge in [-0.15, -0.1) is 36.2 Å². The van der Waals surface area contributed by atoms with E-state index in [1.54, 1.807) is 6.92 Å². The van der Waals surface area contributed by atoms with Crippen molar-refractivity contribution in [2.45, 2.75) is 24.7 Å². The molecule has 0 radical (unpaired) electrons.